The van der Waals surface area contributed by atoms with E-state index in [4.69, 9.17) is 0 Å². The lowest BCUT2D eigenvalue weighted by atomic mass is 10.1. The van der Waals surface area contributed by atoms with Gasteiger partial charge in [-0.25, -0.2) is 4.79 Å². The maximum atomic E-state index is 11.9. The number of rotatable bonds is 3. The van der Waals surface area contributed by atoms with Gasteiger partial charge < -0.3 is 10.6 Å². The molecule has 0 saturated heterocycles. The van der Waals surface area contributed by atoms with Crippen LogP contribution in [0.25, 0.3) is 0 Å². The van der Waals surface area contributed by atoms with Crippen LogP contribution >= 0.6 is 0 Å². The van der Waals surface area contributed by atoms with E-state index in [1.807, 2.05) is 68.4 Å². The third-order valence-corrected chi connectivity index (χ3v) is 2.96. The SMILES string of the molecule is Cc1ccc(NC(=O)NC(C)c2ccccc2)cc1. The Morgan fingerprint density at radius 1 is 1.00 bits per heavy atom. The summed E-state index contributed by atoms with van der Waals surface area (Å²) in [5.41, 5.74) is 3.05. The molecule has 2 aromatic carbocycles. The molecule has 0 saturated carbocycles. The first-order valence-corrected chi connectivity index (χ1v) is 6.34. The van der Waals surface area contributed by atoms with Crippen LogP contribution in [0, 0.1) is 6.92 Å². The summed E-state index contributed by atoms with van der Waals surface area (Å²) in [7, 11) is 0. The number of carbonyl (C=O) groups excluding carboxylic acids is 1. The number of aryl methyl sites for hydroxylation is 1. The molecule has 0 aliphatic heterocycles. The number of urea groups is 1. The van der Waals surface area contributed by atoms with Gasteiger partial charge in [0.2, 0.25) is 0 Å². The molecule has 2 N–H and O–H groups in total. The highest BCUT2D eigenvalue weighted by Crippen LogP contribution is 2.12. The van der Waals surface area contributed by atoms with Crippen LogP contribution in [-0.4, -0.2) is 6.03 Å². The number of anilines is 1. The number of carbonyl (C=O) groups is 1. The molecular weight excluding hydrogens is 236 g/mol. The topological polar surface area (TPSA) is 41.1 Å². The molecular formula is C16H18N2O. The summed E-state index contributed by atoms with van der Waals surface area (Å²) in [6.45, 7) is 3.98. The van der Waals surface area contributed by atoms with Crippen molar-refractivity contribution in [2.75, 3.05) is 5.32 Å². The maximum absolute atomic E-state index is 11.9. The zero-order chi connectivity index (χ0) is 13.7. The Kier molecular flexibility index (Phi) is 4.18. The molecule has 2 aromatic rings. The predicted octanol–water partition coefficient (Wildman–Crippen LogP) is 3.88. The monoisotopic (exact) mass is 254 g/mol. The smallest absolute Gasteiger partial charge is 0.319 e. The van der Waals surface area contributed by atoms with Crippen molar-refractivity contribution in [1.29, 1.82) is 0 Å². The molecule has 2 rings (SSSR count). The normalized spacial score (nSPS) is 11.7. The fourth-order valence-electron chi connectivity index (χ4n) is 1.83. The maximum Gasteiger partial charge on any atom is 0.319 e. The standard InChI is InChI=1S/C16H18N2O/c1-12-8-10-15(11-9-12)18-16(19)17-13(2)14-6-4-3-5-7-14/h3-11,13H,1-2H3,(H2,17,18,19). The second-order valence-electron chi connectivity index (χ2n) is 4.60. The number of benzene rings is 2. The van der Waals surface area contributed by atoms with Gasteiger partial charge in [-0.2, -0.15) is 0 Å². The predicted molar refractivity (Wildman–Crippen MR) is 78.2 cm³/mol. The van der Waals surface area contributed by atoms with Gasteiger partial charge in [-0.3, -0.25) is 0 Å². The molecule has 0 spiro atoms. The highest BCUT2D eigenvalue weighted by Gasteiger charge is 2.08. The van der Waals surface area contributed by atoms with Crippen LogP contribution in [0.4, 0.5) is 10.5 Å². The van der Waals surface area contributed by atoms with Crippen LogP contribution in [0.15, 0.2) is 54.6 Å². The first-order valence-electron chi connectivity index (χ1n) is 6.34. The third kappa shape index (κ3) is 3.85. The molecule has 0 fully saturated rings. The zero-order valence-corrected chi connectivity index (χ0v) is 11.2. The summed E-state index contributed by atoms with van der Waals surface area (Å²) in [6.07, 6.45) is 0. The van der Waals surface area contributed by atoms with Crippen molar-refractivity contribution in [1.82, 2.24) is 5.32 Å². The van der Waals surface area contributed by atoms with E-state index in [1.54, 1.807) is 0 Å². The van der Waals surface area contributed by atoms with E-state index in [9.17, 15) is 4.79 Å². The lowest BCUT2D eigenvalue weighted by Gasteiger charge is -2.15. The third-order valence-electron chi connectivity index (χ3n) is 2.96. The van der Waals surface area contributed by atoms with Gasteiger partial charge in [0.15, 0.2) is 0 Å². The van der Waals surface area contributed by atoms with Gasteiger partial charge in [-0.15, -0.1) is 0 Å². The summed E-state index contributed by atoms with van der Waals surface area (Å²) in [5.74, 6) is 0. The van der Waals surface area contributed by atoms with Gasteiger partial charge in [0.25, 0.3) is 0 Å². The Balaban J connectivity index is 1.93. The van der Waals surface area contributed by atoms with Crippen LogP contribution in [0.2, 0.25) is 0 Å². The quantitative estimate of drug-likeness (QED) is 0.857. The Bertz CT molecular complexity index is 534. The van der Waals surface area contributed by atoms with Crippen LogP contribution in [0.5, 0.6) is 0 Å². The van der Waals surface area contributed by atoms with E-state index in [-0.39, 0.29) is 12.1 Å². The van der Waals surface area contributed by atoms with Crippen molar-refractivity contribution in [3.8, 4) is 0 Å². The largest absolute Gasteiger partial charge is 0.331 e. The molecule has 3 nitrogen and oxygen atoms in total. The van der Waals surface area contributed by atoms with Crippen molar-refractivity contribution in [2.45, 2.75) is 19.9 Å². The molecule has 1 unspecified atom stereocenters. The van der Waals surface area contributed by atoms with Gasteiger partial charge in [-0.05, 0) is 31.5 Å². The van der Waals surface area contributed by atoms with E-state index in [0.717, 1.165) is 11.3 Å². The molecule has 0 radical (unpaired) electrons. The number of amides is 2. The lowest BCUT2D eigenvalue weighted by Crippen LogP contribution is -2.31. The average molecular weight is 254 g/mol. The van der Waals surface area contributed by atoms with E-state index in [0.29, 0.717) is 0 Å². The summed E-state index contributed by atoms with van der Waals surface area (Å²) in [4.78, 5) is 11.9. The molecule has 98 valence electrons. The van der Waals surface area contributed by atoms with Gasteiger partial charge in [0, 0.05) is 5.69 Å². The van der Waals surface area contributed by atoms with Gasteiger partial charge >= 0.3 is 6.03 Å². The lowest BCUT2D eigenvalue weighted by molar-refractivity contribution is 0.249. The minimum Gasteiger partial charge on any atom is -0.331 e. The second kappa shape index (κ2) is 6.05. The summed E-state index contributed by atoms with van der Waals surface area (Å²) < 4.78 is 0. The molecule has 2 amide bonds. The first kappa shape index (κ1) is 13.1. The van der Waals surface area contributed by atoms with Crippen molar-refractivity contribution < 1.29 is 4.79 Å². The van der Waals surface area contributed by atoms with Crippen molar-refractivity contribution in [2.24, 2.45) is 0 Å². The Morgan fingerprint density at radius 3 is 2.26 bits per heavy atom. The number of hydrogen-bond acceptors (Lipinski definition) is 1. The van der Waals surface area contributed by atoms with Crippen molar-refractivity contribution >= 4 is 11.7 Å². The minimum absolute atomic E-state index is 0.0216. The van der Waals surface area contributed by atoms with Gasteiger partial charge in [0.1, 0.15) is 0 Å². The molecule has 0 heterocycles. The zero-order valence-electron chi connectivity index (χ0n) is 11.2. The van der Waals surface area contributed by atoms with Crippen molar-refractivity contribution in [3.05, 3.63) is 65.7 Å². The molecule has 3 heteroatoms. The molecule has 19 heavy (non-hydrogen) atoms. The average Bonchev–Trinajstić information content (AvgIpc) is 2.42. The van der Waals surface area contributed by atoms with Crippen LogP contribution in [0.3, 0.4) is 0 Å². The van der Waals surface area contributed by atoms with Crippen LogP contribution in [0.1, 0.15) is 24.1 Å². The molecule has 0 aliphatic carbocycles. The number of nitrogens with one attached hydrogen (secondary N) is 2. The second-order valence-corrected chi connectivity index (χ2v) is 4.60. The van der Waals surface area contributed by atoms with Crippen molar-refractivity contribution in [3.63, 3.8) is 0 Å². The minimum atomic E-state index is -0.194. The Labute approximate surface area is 113 Å². The fraction of sp³-hybridized carbons (Fsp3) is 0.188. The van der Waals surface area contributed by atoms with E-state index in [2.05, 4.69) is 10.6 Å². The van der Waals surface area contributed by atoms with Crippen LogP contribution < -0.4 is 10.6 Å². The molecule has 0 bridgehead atoms. The highest BCUT2D eigenvalue weighted by atomic mass is 16.2. The molecule has 1 atom stereocenters. The highest BCUT2D eigenvalue weighted by molar-refractivity contribution is 5.89. The molecule has 0 aromatic heterocycles. The summed E-state index contributed by atoms with van der Waals surface area (Å²) in [6, 6.07) is 17.4. The van der Waals surface area contributed by atoms with E-state index in [1.165, 1.54) is 5.56 Å². The van der Waals surface area contributed by atoms with Gasteiger partial charge in [0.05, 0.1) is 6.04 Å². The molecule has 0 aliphatic rings. The van der Waals surface area contributed by atoms with Crippen LogP contribution in [-0.2, 0) is 0 Å². The van der Waals surface area contributed by atoms with E-state index < -0.39 is 0 Å². The van der Waals surface area contributed by atoms with E-state index >= 15 is 0 Å². The summed E-state index contributed by atoms with van der Waals surface area (Å²) >= 11 is 0. The summed E-state index contributed by atoms with van der Waals surface area (Å²) in [5, 5.41) is 5.73. The van der Waals surface area contributed by atoms with Gasteiger partial charge in [-0.1, -0.05) is 48.0 Å². The Morgan fingerprint density at radius 2 is 1.63 bits per heavy atom. The Hall–Kier alpha value is -2.29. The first-order chi connectivity index (χ1) is 9.15. The fourth-order valence-corrected chi connectivity index (χ4v) is 1.83. The number of hydrogen-bond donors (Lipinski definition) is 2.